The number of aliphatic hydroxyl groups is 1. The summed E-state index contributed by atoms with van der Waals surface area (Å²) in [6.07, 6.45) is -6.26. The number of alkyl halides is 3. The molecule has 1 aliphatic rings. The number of carboxylic acid groups (broad SMARTS) is 1. The van der Waals surface area contributed by atoms with Gasteiger partial charge in [-0.05, 0) is 60.2 Å². The molecule has 0 saturated heterocycles. The first kappa shape index (κ1) is 25.6. The number of halogens is 3. The van der Waals surface area contributed by atoms with E-state index in [1.807, 2.05) is 4.90 Å². The van der Waals surface area contributed by atoms with Crippen molar-refractivity contribution in [3.63, 3.8) is 0 Å². The molecule has 0 radical (unpaired) electrons. The zero-order valence-corrected chi connectivity index (χ0v) is 20.6. The second-order valence-electron chi connectivity index (χ2n) is 8.84. The summed E-state index contributed by atoms with van der Waals surface area (Å²) in [5.41, 5.74) is -0.604. The number of carbonyl (C=O) groups is 1. The summed E-state index contributed by atoms with van der Waals surface area (Å²) < 4.78 is 74.6. The van der Waals surface area contributed by atoms with Crippen molar-refractivity contribution in [2.75, 3.05) is 25.1 Å². The van der Waals surface area contributed by atoms with Crippen molar-refractivity contribution < 1.29 is 41.3 Å². The third-order valence-electron chi connectivity index (χ3n) is 6.43. The van der Waals surface area contributed by atoms with Gasteiger partial charge in [-0.25, -0.2) is 17.2 Å². The van der Waals surface area contributed by atoms with E-state index in [0.29, 0.717) is 24.6 Å². The monoisotopic (exact) mass is 546 g/mol. The number of nitrogens with zero attached hydrogens (tertiary/aromatic N) is 2. The van der Waals surface area contributed by atoms with Crippen molar-refractivity contribution >= 4 is 32.6 Å². The fourth-order valence-electron chi connectivity index (χ4n) is 4.42. The maximum Gasteiger partial charge on any atom is 0.416 e. The zero-order chi connectivity index (χ0) is 27.4. The van der Waals surface area contributed by atoms with E-state index in [1.54, 1.807) is 7.05 Å². The molecule has 2 heterocycles. The molecule has 12 heteroatoms. The Morgan fingerprint density at radius 2 is 1.74 bits per heavy atom. The van der Waals surface area contributed by atoms with Crippen LogP contribution in [0.1, 0.15) is 33.3 Å². The largest absolute Gasteiger partial charge is 0.490 e. The van der Waals surface area contributed by atoms with E-state index in [9.17, 15) is 31.5 Å². The van der Waals surface area contributed by atoms with Crippen molar-refractivity contribution in [3.8, 4) is 5.75 Å². The van der Waals surface area contributed by atoms with E-state index in [0.717, 1.165) is 22.2 Å². The lowest BCUT2D eigenvalue weighted by atomic mass is 10.0. The first-order chi connectivity index (χ1) is 17.9. The quantitative estimate of drug-likeness (QED) is 0.379. The van der Waals surface area contributed by atoms with Crippen LogP contribution < -0.4 is 9.64 Å². The summed E-state index contributed by atoms with van der Waals surface area (Å²) >= 11 is 0. The summed E-state index contributed by atoms with van der Waals surface area (Å²) in [5.74, 6) is -0.701. The molecule has 0 aliphatic carbocycles. The molecule has 2 N–H and O–H groups in total. The van der Waals surface area contributed by atoms with Crippen LogP contribution in [0.5, 0.6) is 5.75 Å². The Morgan fingerprint density at radius 1 is 1.03 bits per heavy atom. The van der Waals surface area contributed by atoms with E-state index in [2.05, 4.69) is 0 Å². The number of rotatable bonds is 5. The maximum atomic E-state index is 14.0. The predicted octanol–water partition coefficient (Wildman–Crippen LogP) is 4.51. The average molecular weight is 547 g/mol. The molecule has 1 aliphatic heterocycles. The van der Waals surface area contributed by atoms with Crippen LogP contribution in [0, 0.1) is 0 Å². The van der Waals surface area contributed by atoms with Gasteiger partial charge in [0.25, 0.3) is 10.0 Å². The summed E-state index contributed by atoms with van der Waals surface area (Å²) in [4.78, 5) is 12.9. The highest BCUT2D eigenvalue weighted by Crippen LogP contribution is 2.38. The number of carboxylic acids is 1. The molecule has 0 saturated carbocycles. The van der Waals surface area contributed by atoms with Gasteiger partial charge in [0.05, 0.1) is 39.5 Å². The Bertz CT molecular complexity index is 1660. The molecule has 0 amide bonds. The Balaban J connectivity index is 1.71. The molecule has 38 heavy (non-hydrogen) atoms. The topological polar surface area (TPSA) is 109 Å². The first-order valence-corrected chi connectivity index (χ1v) is 12.8. The summed E-state index contributed by atoms with van der Waals surface area (Å²) in [6.45, 7) is 0.954. The van der Waals surface area contributed by atoms with Gasteiger partial charge in [-0.3, -0.25) is 0 Å². The van der Waals surface area contributed by atoms with Gasteiger partial charge >= 0.3 is 12.1 Å². The third kappa shape index (κ3) is 4.35. The van der Waals surface area contributed by atoms with E-state index in [-0.39, 0.29) is 32.6 Å². The molecular weight excluding hydrogens is 525 g/mol. The Labute approximate surface area is 215 Å². The number of fused-ring (bicyclic) bond motifs is 2. The van der Waals surface area contributed by atoms with Crippen molar-refractivity contribution in [2.45, 2.75) is 17.2 Å². The molecule has 198 valence electrons. The first-order valence-electron chi connectivity index (χ1n) is 11.4. The Morgan fingerprint density at radius 3 is 2.39 bits per heavy atom. The van der Waals surface area contributed by atoms with Crippen molar-refractivity contribution in [1.29, 1.82) is 0 Å². The molecule has 1 unspecified atom stereocenters. The Kier molecular flexibility index (Phi) is 6.11. The molecule has 0 bridgehead atoms. The Hall–Kier alpha value is -4.03. The number of likely N-dealkylation sites (N-methyl/N-ethyl adjacent to an activating group) is 1. The van der Waals surface area contributed by atoms with Gasteiger partial charge in [0.15, 0.2) is 0 Å². The van der Waals surface area contributed by atoms with Gasteiger partial charge in [-0.1, -0.05) is 12.1 Å². The van der Waals surface area contributed by atoms with Crippen LogP contribution in [-0.4, -0.2) is 48.8 Å². The van der Waals surface area contributed by atoms with Crippen LogP contribution in [0.25, 0.3) is 10.9 Å². The van der Waals surface area contributed by atoms with Crippen LogP contribution in [0.15, 0.2) is 71.6 Å². The van der Waals surface area contributed by atoms with E-state index in [4.69, 9.17) is 9.84 Å². The van der Waals surface area contributed by atoms with Gasteiger partial charge < -0.3 is 19.8 Å². The highest BCUT2D eigenvalue weighted by atomic mass is 32.2. The fraction of sp³-hybridized carbons (Fsp3) is 0.192. The average Bonchev–Trinajstić information content (AvgIpc) is 3.27. The normalized spacial score (nSPS) is 14.7. The predicted molar refractivity (Wildman–Crippen MR) is 132 cm³/mol. The van der Waals surface area contributed by atoms with Gasteiger partial charge in [0.1, 0.15) is 18.5 Å². The number of anilines is 1. The van der Waals surface area contributed by atoms with Crippen molar-refractivity contribution in [2.24, 2.45) is 0 Å². The number of aromatic nitrogens is 1. The van der Waals surface area contributed by atoms with Crippen molar-refractivity contribution in [1.82, 2.24) is 3.97 Å². The standard InChI is InChI=1S/C26H21F3N2O6S/c1-30-10-11-37-23-9-7-19(14-21(23)30)38(35,36)31-20-8-6-18(26(27,28)29)12-17(20)13-22(31)24(32)15-2-4-16(5-3-15)25(33)34/h2-9,12-14,24,32H,10-11H2,1H3,(H,33,34). The molecule has 1 atom stereocenters. The summed E-state index contributed by atoms with van der Waals surface area (Å²) in [7, 11) is -2.66. The molecule has 4 aromatic rings. The van der Waals surface area contributed by atoms with E-state index < -0.39 is 33.8 Å². The highest BCUT2D eigenvalue weighted by Gasteiger charge is 2.33. The van der Waals surface area contributed by atoms with Gasteiger partial charge in [0, 0.05) is 12.4 Å². The minimum Gasteiger partial charge on any atom is -0.490 e. The molecule has 1 aromatic heterocycles. The molecule has 5 rings (SSSR count). The number of benzene rings is 3. The SMILES string of the molecule is CN1CCOc2ccc(S(=O)(=O)n3c(C(O)c4ccc(C(=O)O)cc4)cc4cc(C(F)(F)F)ccc43)cc21. The molecule has 0 spiro atoms. The van der Waals surface area contributed by atoms with Gasteiger partial charge in [-0.2, -0.15) is 13.2 Å². The summed E-state index contributed by atoms with van der Waals surface area (Å²) in [5, 5.41) is 20.3. The molecule has 8 nitrogen and oxygen atoms in total. The number of aromatic carboxylic acids is 1. The molecule has 3 aromatic carbocycles. The van der Waals surface area contributed by atoms with Gasteiger partial charge in [-0.15, -0.1) is 0 Å². The van der Waals surface area contributed by atoms with Gasteiger partial charge in [0.2, 0.25) is 0 Å². The minimum absolute atomic E-state index is 0.0435. The van der Waals surface area contributed by atoms with E-state index in [1.165, 1.54) is 48.5 Å². The lowest BCUT2D eigenvalue weighted by molar-refractivity contribution is -0.137. The van der Waals surface area contributed by atoms with Crippen LogP contribution >= 0.6 is 0 Å². The van der Waals surface area contributed by atoms with Crippen LogP contribution in [0.3, 0.4) is 0 Å². The van der Waals surface area contributed by atoms with Crippen molar-refractivity contribution in [3.05, 3.63) is 89.1 Å². The third-order valence-corrected chi connectivity index (χ3v) is 8.17. The lowest BCUT2D eigenvalue weighted by Gasteiger charge is -2.28. The number of ether oxygens (including phenoxy) is 1. The zero-order valence-electron chi connectivity index (χ0n) is 19.8. The molecule has 0 fully saturated rings. The second-order valence-corrected chi connectivity index (χ2v) is 10.6. The summed E-state index contributed by atoms with van der Waals surface area (Å²) in [6, 6.07) is 13.2. The highest BCUT2D eigenvalue weighted by molar-refractivity contribution is 7.90. The fourth-order valence-corrected chi connectivity index (χ4v) is 5.99. The maximum absolute atomic E-state index is 14.0. The van der Waals surface area contributed by atoms with Crippen LogP contribution in [0.2, 0.25) is 0 Å². The number of hydrogen-bond donors (Lipinski definition) is 2. The lowest BCUT2D eigenvalue weighted by Crippen LogP contribution is -2.29. The van der Waals surface area contributed by atoms with Crippen LogP contribution in [0.4, 0.5) is 18.9 Å². The minimum atomic E-state index is -4.66. The van der Waals surface area contributed by atoms with Crippen LogP contribution in [-0.2, 0) is 16.2 Å². The molecular formula is C26H21F3N2O6S. The smallest absolute Gasteiger partial charge is 0.416 e. The number of hydrogen-bond acceptors (Lipinski definition) is 6. The number of aliphatic hydroxyl groups excluding tert-OH is 1. The second kappa shape index (κ2) is 9.07. The van der Waals surface area contributed by atoms with E-state index >= 15 is 0 Å².